The van der Waals surface area contributed by atoms with Crippen LogP contribution in [-0.4, -0.2) is 39.8 Å². The second kappa shape index (κ2) is 8.89. The summed E-state index contributed by atoms with van der Waals surface area (Å²) in [5, 5.41) is 3.73. The number of nitrogens with one attached hydrogen (secondary N) is 1. The van der Waals surface area contributed by atoms with E-state index in [1.807, 2.05) is 31.4 Å². The van der Waals surface area contributed by atoms with Gasteiger partial charge >= 0.3 is 5.97 Å². The van der Waals surface area contributed by atoms with E-state index in [1.165, 1.54) is 11.8 Å². The number of hydrogen-bond donors (Lipinski definition) is 1. The third-order valence-electron chi connectivity index (χ3n) is 3.89. The molecule has 1 heterocycles. The van der Waals surface area contributed by atoms with Gasteiger partial charge in [-0.05, 0) is 45.4 Å². The number of nitrogens with zero attached hydrogens (tertiary/aromatic N) is 2. The fourth-order valence-corrected chi connectivity index (χ4v) is 3.30. The number of amides is 1. The molecule has 2 aromatic rings. The minimum absolute atomic E-state index is 0.00118. The van der Waals surface area contributed by atoms with Gasteiger partial charge in [0.05, 0.1) is 29.0 Å². The van der Waals surface area contributed by atoms with Gasteiger partial charge in [-0.1, -0.05) is 18.7 Å². The van der Waals surface area contributed by atoms with Crippen molar-refractivity contribution in [1.29, 1.82) is 0 Å². The quantitative estimate of drug-likeness (QED) is 0.576. The van der Waals surface area contributed by atoms with E-state index in [1.54, 1.807) is 19.1 Å². The highest BCUT2D eigenvalue weighted by Gasteiger charge is 2.15. The van der Waals surface area contributed by atoms with Crippen LogP contribution in [0.3, 0.4) is 0 Å². The third-order valence-corrected chi connectivity index (χ3v) is 4.87. The molecule has 0 aliphatic heterocycles. The molecule has 1 amide bonds. The highest BCUT2D eigenvalue weighted by molar-refractivity contribution is 7.99. The minimum Gasteiger partial charge on any atom is -0.462 e. The first-order chi connectivity index (χ1) is 12.0. The minimum atomic E-state index is -0.349. The molecular weight excluding hydrogens is 338 g/mol. The molecule has 1 aromatic heterocycles. The van der Waals surface area contributed by atoms with E-state index in [0.717, 1.165) is 29.2 Å². The summed E-state index contributed by atoms with van der Waals surface area (Å²) in [6.07, 6.45) is 0.903. The van der Waals surface area contributed by atoms with Gasteiger partial charge in [-0.25, -0.2) is 9.78 Å². The molecular formula is C18H25N3O3S. The van der Waals surface area contributed by atoms with E-state index >= 15 is 0 Å². The van der Waals surface area contributed by atoms with Gasteiger partial charge in [-0.15, -0.1) is 0 Å². The second-order valence-electron chi connectivity index (χ2n) is 5.73. The van der Waals surface area contributed by atoms with Gasteiger partial charge < -0.3 is 14.6 Å². The van der Waals surface area contributed by atoms with Crippen molar-refractivity contribution in [2.24, 2.45) is 0 Å². The molecule has 0 saturated heterocycles. The van der Waals surface area contributed by atoms with E-state index in [9.17, 15) is 9.59 Å². The lowest BCUT2D eigenvalue weighted by molar-refractivity contribution is -0.119. The van der Waals surface area contributed by atoms with Crippen molar-refractivity contribution in [3.63, 3.8) is 0 Å². The Morgan fingerprint density at radius 3 is 2.72 bits per heavy atom. The maximum absolute atomic E-state index is 12.0. The van der Waals surface area contributed by atoms with Crippen molar-refractivity contribution in [2.45, 2.75) is 51.9 Å². The topological polar surface area (TPSA) is 73.2 Å². The molecule has 0 aliphatic carbocycles. The number of carbonyl (C=O) groups excluding carboxylic acids is 2. The summed E-state index contributed by atoms with van der Waals surface area (Å²) in [6, 6.07) is 5.54. The Balaban J connectivity index is 2.19. The van der Waals surface area contributed by atoms with Crippen LogP contribution in [0.2, 0.25) is 0 Å². The zero-order valence-electron chi connectivity index (χ0n) is 15.2. The molecule has 0 spiro atoms. The van der Waals surface area contributed by atoms with E-state index in [-0.39, 0.29) is 17.9 Å². The maximum Gasteiger partial charge on any atom is 0.338 e. The first-order valence-electron chi connectivity index (χ1n) is 8.59. The van der Waals surface area contributed by atoms with Crippen LogP contribution in [0.15, 0.2) is 23.4 Å². The molecule has 25 heavy (non-hydrogen) atoms. The number of hydrogen-bond acceptors (Lipinski definition) is 5. The summed E-state index contributed by atoms with van der Waals surface area (Å²) >= 11 is 1.41. The fraction of sp³-hybridized carbons (Fsp3) is 0.500. The average molecular weight is 363 g/mol. The van der Waals surface area contributed by atoms with Crippen LogP contribution in [0, 0.1) is 0 Å². The fourth-order valence-electron chi connectivity index (χ4n) is 2.41. The van der Waals surface area contributed by atoms with Gasteiger partial charge in [0, 0.05) is 12.6 Å². The standard InChI is InChI=1S/C18H25N3O3S/c1-5-12(4)19-16(22)11-25-18-20-14-10-13(17(23)24-7-3)8-9-15(14)21(18)6-2/h8-10,12H,5-7,11H2,1-4H3,(H,19,22)/t12-/m1/s1. The molecule has 1 aromatic carbocycles. The zero-order valence-corrected chi connectivity index (χ0v) is 16.0. The lowest BCUT2D eigenvalue weighted by atomic mass is 10.2. The molecule has 136 valence electrons. The van der Waals surface area contributed by atoms with Crippen LogP contribution in [0.1, 0.15) is 44.5 Å². The number of esters is 1. The van der Waals surface area contributed by atoms with Crippen molar-refractivity contribution in [1.82, 2.24) is 14.9 Å². The Bertz CT molecular complexity index is 757. The molecule has 0 saturated carbocycles. The maximum atomic E-state index is 12.0. The number of imidazole rings is 1. The molecule has 0 radical (unpaired) electrons. The van der Waals surface area contributed by atoms with Crippen LogP contribution in [0.4, 0.5) is 0 Å². The third kappa shape index (κ3) is 4.75. The van der Waals surface area contributed by atoms with E-state index in [4.69, 9.17) is 4.74 Å². The number of benzene rings is 1. The number of fused-ring (bicyclic) bond motifs is 1. The van der Waals surface area contributed by atoms with Crippen LogP contribution in [-0.2, 0) is 16.1 Å². The Hall–Kier alpha value is -2.02. The Labute approximate surface area is 152 Å². The monoisotopic (exact) mass is 363 g/mol. The summed E-state index contributed by atoms with van der Waals surface area (Å²) in [5.74, 6) is -0.0304. The Morgan fingerprint density at radius 2 is 2.08 bits per heavy atom. The highest BCUT2D eigenvalue weighted by atomic mass is 32.2. The normalized spacial score (nSPS) is 12.2. The highest BCUT2D eigenvalue weighted by Crippen LogP contribution is 2.25. The largest absolute Gasteiger partial charge is 0.462 e. The van der Waals surface area contributed by atoms with E-state index < -0.39 is 0 Å². The van der Waals surface area contributed by atoms with Gasteiger partial charge in [0.25, 0.3) is 0 Å². The van der Waals surface area contributed by atoms with Crippen LogP contribution in [0.5, 0.6) is 0 Å². The van der Waals surface area contributed by atoms with Crippen molar-refractivity contribution in [2.75, 3.05) is 12.4 Å². The van der Waals surface area contributed by atoms with E-state index in [2.05, 4.69) is 10.3 Å². The van der Waals surface area contributed by atoms with Crippen molar-refractivity contribution < 1.29 is 14.3 Å². The second-order valence-corrected chi connectivity index (χ2v) is 6.67. The van der Waals surface area contributed by atoms with E-state index in [0.29, 0.717) is 17.9 Å². The molecule has 1 atom stereocenters. The van der Waals surface area contributed by atoms with Crippen molar-refractivity contribution in [3.05, 3.63) is 23.8 Å². The molecule has 0 bridgehead atoms. The molecule has 7 heteroatoms. The first-order valence-corrected chi connectivity index (χ1v) is 9.58. The summed E-state index contributed by atoms with van der Waals surface area (Å²) in [4.78, 5) is 28.5. The lowest BCUT2D eigenvalue weighted by Gasteiger charge is -2.11. The first kappa shape index (κ1) is 19.3. The number of carbonyl (C=O) groups is 2. The summed E-state index contributed by atoms with van der Waals surface area (Å²) in [6.45, 7) is 8.92. The van der Waals surface area contributed by atoms with Gasteiger partial charge in [-0.2, -0.15) is 0 Å². The summed E-state index contributed by atoms with van der Waals surface area (Å²) in [7, 11) is 0. The predicted octanol–water partition coefficient (Wildman–Crippen LogP) is 3.24. The summed E-state index contributed by atoms with van der Waals surface area (Å²) < 4.78 is 7.08. The molecule has 0 fully saturated rings. The number of thioether (sulfide) groups is 1. The molecule has 6 nitrogen and oxygen atoms in total. The summed E-state index contributed by atoms with van der Waals surface area (Å²) in [5.41, 5.74) is 2.17. The molecule has 0 unspecified atom stereocenters. The molecule has 0 aliphatic rings. The van der Waals surface area contributed by atoms with Crippen LogP contribution < -0.4 is 5.32 Å². The number of aromatic nitrogens is 2. The van der Waals surface area contributed by atoms with Gasteiger partial charge in [0.2, 0.25) is 5.91 Å². The van der Waals surface area contributed by atoms with Crippen molar-refractivity contribution in [3.8, 4) is 0 Å². The number of aryl methyl sites for hydroxylation is 1. The van der Waals surface area contributed by atoms with Gasteiger partial charge in [0.15, 0.2) is 5.16 Å². The van der Waals surface area contributed by atoms with Gasteiger partial charge in [-0.3, -0.25) is 4.79 Å². The van der Waals surface area contributed by atoms with Gasteiger partial charge in [0.1, 0.15) is 0 Å². The zero-order chi connectivity index (χ0) is 18.4. The lowest BCUT2D eigenvalue weighted by Crippen LogP contribution is -2.33. The van der Waals surface area contributed by atoms with Crippen molar-refractivity contribution >= 4 is 34.7 Å². The van der Waals surface area contributed by atoms with Crippen LogP contribution >= 0.6 is 11.8 Å². The predicted molar refractivity (Wildman–Crippen MR) is 100.0 cm³/mol. The average Bonchev–Trinajstić information content (AvgIpc) is 2.96. The molecule has 2 rings (SSSR count). The SMILES string of the molecule is CCOC(=O)c1ccc2c(c1)nc(SCC(=O)N[C@H](C)CC)n2CC. The Morgan fingerprint density at radius 1 is 1.32 bits per heavy atom. The Kier molecular flexibility index (Phi) is 6.87. The smallest absolute Gasteiger partial charge is 0.338 e. The number of ether oxygens (including phenoxy) is 1. The number of rotatable bonds is 8. The molecule has 1 N–H and O–H groups in total. The van der Waals surface area contributed by atoms with Crippen LogP contribution in [0.25, 0.3) is 11.0 Å².